The zero-order valence-electron chi connectivity index (χ0n) is 10.8. The average Bonchev–Trinajstić information content (AvgIpc) is 2.94. The van der Waals surface area contributed by atoms with Gasteiger partial charge in [-0.05, 0) is 28.5 Å². The quantitative estimate of drug-likeness (QED) is 0.236. The molecule has 0 atom stereocenters. The molecule has 0 fully saturated rings. The summed E-state index contributed by atoms with van der Waals surface area (Å²) >= 11 is 1.30. The van der Waals surface area contributed by atoms with Gasteiger partial charge in [-0.25, -0.2) is 14.0 Å². The van der Waals surface area contributed by atoms with Crippen LogP contribution in [0.5, 0.6) is 0 Å². The Kier molecular flexibility index (Phi) is 5.31. The number of hydrogen-bond donors (Lipinski definition) is 3. The van der Waals surface area contributed by atoms with Crippen molar-refractivity contribution in [2.24, 2.45) is 10.7 Å². The Balaban J connectivity index is 2.32. The Morgan fingerprint density at radius 1 is 1.52 bits per heavy atom. The summed E-state index contributed by atoms with van der Waals surface area (Å²) in [5.41, 5.74) is 7.83. The molecule has 108 valence electrons. The van der Waals surface area contributed by atoms with Crippen LogP contribution in [-0.4, -0.2) is 41.5 Å². The maximum Gasteiger partial charge on any atom is 0.186 e. The molecule has 4 N–H and O–H groups in total. The number of thioether (sulfide) groups is 1. The molecule has 0 bridgehead atoms. The summed E-state index contributed by atoms with van der Waals surface area (Å²) in [6.07, 6.45) is 0. The summed E-state index contributed by atoms with van der Waals surface area (Å²) in [5, 5.41) is 17.0. The summed E-state index contributed by atoms with van der Waals surface area (Å²) in [7, 11) is 5.46. The van der Waals surface area contributed by atoms with Crippen LogP contribution in [0.25, 0.3) is 0 Å². The van der Waals surface area contributed by atoms with Crippen LogP contribution >= 0.6 is 11.8 Å². The van der Waals surface area contributed by atoms with Crippen molar-refractivity contribution in [2.75, 3.05) is 12.3 Å². The van der Waals surface area contributed by atoms with Gasteiger partial charge in [-0.3, -0.25) is 10.7 Å². The molecular formula is C11H11BFN5O2S. The molecule has 1 aromatic carbocycles. The fourth-order valence-electron chi connectivity index (χ4n) is 1.44. The lowest BCUT2D eigenvalue weighted by molar-refractivity contribution is 0.234. The highest BCUT2D eigenvalue weighted by atomic mass is 32.2. The molecule has 1 heterocycles. The number of amidine groups is 1. The first-order valence-electron chi connectivity index (χ1n) is 5.85. The summed E-state index contributed by atoms with van der Waals surface area (Å²) < 4.78 is 17.7. The van der Waals surface area contributed by atoms with Crippen LogP contribution in [0, 0.1) is 5.82 Å². The Bertz CT molecular complexity index is 651. The molecule has 0 aliphatic carbocycles. The number of aromatic nitrogens is 2. The first-order chi connectivity index (χ1) is 10.2. The van der Waals surface area contributed by atoms with E-state index < -0.39 is 5.82 Å². The third-order valence-electron chi connectivity index (χ3n) is 2.37. The third kappa shape index (κ3) is 3.81. The number of hydroxylamine groups is 1. The number of halogens is 1. The van der Waals surface area contributed by atoms with Gasteiger partial charge in [0.25, 0.3) is 0 Å². The Morgan fingerprint density at radius 3 is 3.00 bits per heavy atom. The zero-order valence-corrected chi connectivity index (χ0v) is 11.6. The molecule has 2 rings (SSSR count). The molecule has 0 aliphatic heterocycles. The highest BCUT2D eigenvalue weighted by Crippen LogP contribution is 2.20. The van der Waals surface area contributed by atoms with Crippen LogP contribution in [0.15, 0.2) is 32.8 Å². The average molecular weight is 307 g/mol. The standard InChI is InChI=1S/C11H11BFN5O2S/c12-7-5-6(1-2-8(7)13)15-10(16-19)9-11(18-20-17-9)21-4-3-14/h1-2,5,19H,3-4,14H2,(H,15,16). The molecule has 0 aliphatic rings. The lowest BCUT2D eigenvalue weighted by Gasteiger charge is -2.04. The van der Waals surface area contributed by atoms with Crippen molar-refractivity contribution in [1.29, 1.82) is 0 Å². The minimum atomic E-state index is -0.547. The van der Waals surface area contributed by atoms with E-state index in [0.29, 0.717) is 23.0 Å². The number of benzene rings is 1. The molecular weight excluding hydrogens is 296 g/mol. The first-order valence-corrected chi connectivity index (χ1v) is 6.84. The van der Waals surface area contributed by atoms with Crippen LogP contribution in [0.1, 0.15) is 5.69 Å². The Morgan fingerprint density at radius 2 is 2.33 bits per heavy atom. The summed E-state index contributed by atoms with van der Waals surface area (Å²) in [6.45, 7) is 0.449. The van der Waals surface area contributed by atoms with Crippen LogP contribution in [-0.2, 0) is 0 Å². The number of nitrogens with zero attached hydrogens (tertiary/aromatic N) is 3. The first kappa shape index (κ1) is 15.5. The van der Waals surface area contributed by atoms with Crippen molar-refractivity contribution in [3.05, 3.63) is 29.7 Å². The monoisotopic (exact) mass is 307 g/mol. The second kappa shape index (κ2) is 7.20. The van der Waals surface area contributed by atoms with Crippen molar-refractivity contribution in [3.63, 3.8) is 0 Å². The van der Waals surface area contributed by atoms with Crippen LogP contribution in [0.4, 0.5) is 10.1 Å². The van der Waals surface area contributed by atoms with Gasteiger partial charge in [-0.1, -0.05) is 17.2 Å². The molecule has 7 nitrogen and oxygen atoms in total. The predicted octanol–water partition coefficient (Wildman–Crippen LogP) is 0.110. The number of nitrogens with two attached hydrogens (primary N) is 1. The molecule has 0 amide bonds. The highest BCUT2D eigenvalue weighted by Gasteiger charge is 2.16. The van der Waals surface area contributed by atoms with Crippen molar-refractivity contribution >= 4 is 36.6 Å². The van der Waals surface area contributed by atoms with Gasteiger partial charge in [0, 0.05) is 12.3 Å². The molecule has 2 radical (unpaired) electrons. The molecule has 2 aromatic rings. The molecule has 10 heteroatoms. The van der Waals surface area contributed by atoms with Crippen LogP contribution in [0.3, 0.4) is 0 Å². The van der Waals surface area contributed by atoms with Gasteiger partial charge in [0.1, 0.15) is 13.7 Å². The van der Waals surface area contributed by atoms with Crippen molar-refractivity contribution < 1.29 is 14.2 Å². The van der Waals surface area contributed by atoms with Gasteiger partial charge in [0.05, 0.1) is 5.69 Å². The number of nitrogens with one attached hydrogen (secondary N) is 1. The molecule has 0 saturated heterocycles. The van der Waals surface area contributed by atoms with E-state index in [9.17, 15) is 9.60 Å². The van der Waals surface area contributed by atoms with E-state index >= 15 is 0 Å². The van der Waals surface area contributed by atoms with Gasteiger partial charge < -0.3 is 5.73 Å². The van der Waals surface area contributed by atoms with E-state index in [1.54, 1.807) is 0 Å². The van der Waals surface area contributed by atoms with E-state index in [1.165, 1.54) is 30.0 Å². The normalized spacial score (nSPS) is 11.7. The summed E-state index contributed by atoms with van der Waals surface area (Å²) in [4.78, 5) is 4.09. The molecule has 1 aromatic heterocycles. The second-order valence-electron chi connectivity index (χ2n) is 3.83. The zero-order chi connectivity index (χ0) is 15.2. The van der Waals surface area contributed by atoms with Gasteiger partial charge in [0.15, 0.2) is 16.6 Å². The predicted molar refractivity (Wildman–Crippen MR) is 77.0 cm³/mol. The van der Waals surface area contributed by atoms with E-state index in [0.717, 1.165) is 0 Å². The Labute approximate surface area is 125 Å². The number of hydrogen-bond acceptors (Lipinski definition) is 7. The van der Waals surface area contributed by atoms with Crippen molar-refractivity contribution in [3.8, 4) is 0 Å². The van der Waals surface area contributed by atoms with Gasteiger partial charge >= 0.3 is 0 Å². The number of rotatable bonds is 5. The maximum atomic E-state index is 13.1. The third-order valence-corrected chi connectivity index (χ3v) is 3.35. The molecule has 0 unspecified atom stereocenters. The topological polar surface area (TPSA) is 110 Å². The van der Waals surface area contributed by atoms with Gasteiger partial charge in [-0.15, -0.1) is 0 Å². The minimum absolute atomic E-state index is 0.00165. The molecule has 0 spiro atoms. The second-order valence-corrected chi connectivity index (χ2v) is 4.92. The largest absolute Gasteiger partial charge is 0.330 e. The lowest BCUT2D eigenvalue weighted by atomic mass is 9.95. The van der Waals surface area contributed by atoms with Crippen LogP contribution < -0.4 is 16.7 Å². The lowest BCUT2D eigenvalue weighted by Crippen LogP contribution is -2.21. The fraction of sp³-hybridized carbons (Fsp3) is 0.182. The SMILES string of the molecule is [B]c1cc(N=C(NO)c2nonc2SCCN)ccc1F. The van der Waals surface area contributed by atoms with E-state index in [-0.39, 0.29) is 17.0 Å². The van der Waals surface area contributed by atoms with Crippen LogP contribution in [0.2, 0.25) is 0 Å². The van der Waals surface area contributed by atoms with Gasteiger partial charge in [-0.2, -0.15) is 0 Å². The number of aliphatic imine (C=N–C) groups is 1. The van der Waals surface area contributed by atoms with E-state index in [1.807, 2.05) is 5.48 Å². The summed E-state index contributed by atoms with van der Waals surface area (Å²) in [5.74, 6) is 0.0557. The highest BCUT2D eigenvalue weighted by molar-refractivity contribution is 7.99. The van der Waals surface area contributed by atoms with E-state index in [4.69, 9.17) is 13.6 Å². The molecule has 0 saturated carbocycles. The Hall–Kier alpha value is -1.91. The molecule has 21 heavy (non-hydrogen) atoms. The fourth-order valence-corrected chi connectivity index (χ4v) is 2.10. The van der Waals surface area contributed by atoms with Crippen molar-refractivity contribution in [1.82, 2.24) is 15.8 Å². The van der Waals surface area contributed by atoms with Crippen molar-refractivity contribution in [2.45, 2.75) is 5.03 Å². The smallest absolute Gasteiger partial charge is 0.186 e. The summed E-state index contributed by atoms with van der Waals surface area (Å²) in [6, 6.07) is 3.91. The minimum Gasteiger partial charge on any atom is -0.330 e. The van der Waals surface area contributed by atoms with Gasteiger partial charge in [0.2, 0.25) is 0 Å². The van der Waals surface area contributed by atoms with E-state index in [2.05, 4.69) is 19.9 Å². The maximum absolute atomic E-state index is 13.1.